The lowest BCUT2D eigenvalue weighted by atomic mass is 10.0. The molecular weight excluding hydrogens is 346 g/mol. The molecule has 0 saturated heterocycles. The van der Waals surface area contributed by atoms with Crippen molar-refractivity contribution in [1.29, 1.82) is 0 Å². The van der Waals surface area contributed by atoms with Crippen molar-refractivity contribution in [2.24, 2.45) is 0 Å². The first-order valence-electron chi connectivity index (χ1n) is 8.30. The molecule has 0 saturated carbocycles. The Morgan fingerprint density at radius 1 is 1.11 bits per heavy atom. The normalized spacial score (nSPS) is 12.0. The minimum Gasteiger partial charge on any atom is -0.502 e. The number of aromatic hydroxyl groups is 1. The van der Waals surface area contributed by atoms with Gasteiger partial charge in [-0.3, -0.25) is 10.1 Å². The minimum atomic E-state index is -0.528. The number of anilines is 1. The number of nitrogens with one attached hydrogen (secondary N) is 2. The van der Waals surface area contributed by atoms with Crippen LogP contribution < -0.4 is 10.3 Å². The molecular formula is C20H16N3O4+. The summed E-state index contributed by atoms with van der Waals surface area (Å²) in [5.74, 6) is 0.666. The molecule has 0 aliphatic carbocycles. The summed E-state index contributed by atoms with van der Waals surface area (Å²) in [6.07, 6.45) is 3.28. The molecule has 2 aromatic carbocycles. The predicted molar refractivity (Wildman–Crippen MR) is 99.4 cm³/mol. The molecule has 0 aliphatic heterocycles. The van der Waals surface area contributed by atoms with Crippen LogP contribution in [0, 0.1) is 10.1 Å². The van der Waals surface area contributed by atoms with Crippen LogP contribution in [0.2, 0.25) is 0 Å². The molecule has 1 unspecified atom stereocenters. The van der Waals surface area contributed by atoms with Crippen LogP contribution in [0.3, 0.4) is 0 Å². The second-order valence-electron chi connectivity index (χ2n) is 6.04. The first-order chi connectivity index (χ1) is 13.1. The van der Waals surface area contributed by atoms with Gasteiger partial charge in [0.05, 0.1) is 16.6 Å². The highest BCUT2D eigenvalue weighted by Crippen LogP contribution is 2.36. The van der Waals surface area contributed by atoms with E-state index in [1.165, 1.54) is 12.1 Å². The average Bonchev–Trinajstić information content (AvgIpc) is 3.22. The molecule has 4 aromatic rings. The maximum absolute atomic E-state index is 11.1. The van der Waals surface area contributed by atoms with Gasteiger partial charge in [-0.15, -0.1) is 0 Å². The molecule has 0 fully saturated rings. The fraction of sp³-hybridized carbons (Fsp3) is 0.0500. The number of nitrogens with zero attached hydrogens (tertiary/aromatic N) is 1. The van der Waals surface area contributed by atoms with Gasteiger partial charge in [0.1, 0.15) is 11.8 Å². The molecule has 0 aliphatic rings. The van der Waals surface area contributed by atoms with Crippen molar-refractivity contribution in [3.05, 3.63) is 94.6 Å². The summed E-state index contributed by atoms with van der Waals surface area (Å²) >= 11 is 0. The lowest BCUT2D eigenvalue weighted by molar-refractivity contribution is -0.384. The van der Waals surface area contributed by atoms with E-state index in [0.717, 1.165) is 5.39 Å². The van der Waals surface area contributed by atoms with Crippen molar-refractivity contribution >= 4 is 22.3 Å². The molecule has 4 rings (SSSR count). The number of aromatic amines is 1. The van der Waals surface area contributed by atoms with Crippen LogP contribution in [0.4, 0.5) is 11.4 Å². The second kappa shape index (κ2) is 6.80. The number of phenols is 1. The molecule has 0 bridgehead atoms. The number of aromatic nitrogens is 1. The highest BCUT2D eigenvalue weighted by Gasteiger charge is 2.24. The number of pyridine rings is 1. The highest BCUT2D eigenvalue weighted by molar-refractivity contribution is 5.83. The van der Waals surface area contributed by atoms with Gasteiger partial charge in [0.25, 0.3) is 11.2 Å². The third-order valence-electron chi connectivity index (χ3n) is 4.35. The Kier molecular flexibility index (Phi) is 4.18. The summed E-state index contributed by atoms with van der Waals surface area (Å²) < 4.78 is 5.55. The van der Waals surface area contributed by atoms with Gasteiger partial charge in [0.2, 0.25) is 0 Å². The van der Waals surface area contributed by atoms with Gasteiger partial charge in [-0.05, 0) is 30.3 Å². The van der Waals surface area contributed by atoms with E-state index in [1.54, 1.807) is 36.7 Å². The average molecular weight is 362 g/mol. The van der Waals surface area contributed by atoms with Crippen LogP contribution in [0.25, 0.3) is 10.9 Å². The SMILES string of the molecule is O=[N+]([O-])c1cccc(NC(c2ccco2)c2ccc3ccc[nH+]c3c2O)c1. The van der Waals surface area contributed by atoms with E-state index < -0.39 is 11.0 Å². The number of non-ortho nitro benzene ring substituents is 1. The summed E-state index contributed by atoms with van der Waals surface area (Å²) in [5.41, 5.74) is 1.72. The topological polar surface area (TPSA) is 103 Å². The Hall–Kier alpha value is -3.87. The number of nitro benzene ring substituents is 1. The summed E-state index contributed by atoms with van der Waals surface area (Å²) in [6.45, 7) is 0. The molecule has 7 nitrogen and oxygen atoms in total. The van der Waals surface area contributed by atoms with E-state index in [0.29, 0.717) is 22.5 Å². The van der Waals surface area contributed by atoms with E-state index in [-0.39, 0.29) is 11.4 Å². The van der Waals surface area contributed by atoms with Gasteiger partial charge in [0, 0.05) is 29.4 Å². The van der Waals surface area contributed by atoms with Crippen LogP contribution in [-0.4, -0.2) is 10.0 Å². The van der Waals surface area contributed by atoms with Crippen molar-refractivity contribution in [1.82, 2.24) is 0 Å². The van der Waals surface area contributed by atoms with Gasteiger partial charge in [-0.1, -0.05) is 12.1 Å². The largest absolute Gasteiger partial charge is 0.502 e. The predicted octanol–water partition coefficient (Wildman–Crippen LogP) is 4.06. The van der Waals surface area contributed by atoms with Crippen molar-refractivity contribution in [2.45, 2.75) is 6.04 Å². The number of H-pyrrole nitrogens is 1. The lowest BCUT2D eigenvalue weighted by Crippen LogP contribution is -2.13. The third kappa shape index (κ3) is 3.18. The number of furan rings is 1. The third-order valence-corrected chi connectivity index (χ3v) is 4.35. The molecule has 134 valence electrons. The number of hydrogen-bond acceptors (Lipinski definition) is 5. The maximum atomic E-state index is 11.1. The van der Waals surface area contributed by atoms with E-state index in [2.05, 4.69) is 10.3 Å². The van der Waals surface area contributed by atoms with Crippen LogP contribution in [0.1, 0.15) is 17.4 Å². The number of benzene rings is 2. The van der Waals surface area contributed by atoms with E-state index in [4.69, 9.17) is 4.42 Å². The van der Waals surface area contributed by atoms with Crippen molar-refractivity contribution in [3.8, 4) is 5.75 Å². The van der Waals surface area contributed by atoms with E-state index >= 15 is 0 Å². The van der Waals surface area contributed by atoms with Crippen molar-refractivity contribution < 1.29 is 19.4 Å². The second-order valence-corrected chi connectivity index (χ2v) is 6.04. The smallest absolute Gasteiger partial charge is 0.271 e. The lowest BCUT2D eigenvalue weighted by Gasteiger charge is -2.19. The molecule has 2 aromatic heterocycles. The Bertz CT molecular complexity index is 1110. The summed E-state index contributed by atoms with van der Waals surface area (Å²) in [5, 5.41) is 26.0. The number of phenolic OH excluding ortho intramolecular Hbond substituents is 1. The van der Waals surface area contributed by atoms with Crippen LogP contribution in [-0.2, 0) is 0 Å². The monoisotopic (exact) mass is 362 g/mol. The first kappa shape index (κ1) is 16.6. The van der Waals surface area contributed by atoms with Crippen molar-refractivity contribution in [2.75, 3.05) is 5.32 Å². The molecule has 7 heteroatoms. The molecule has 3 N–H and O–H groups in total. The zero-order chi connectivity index (χ0) is 18.8. The van der Waals surface area contributed by atoms with Crippen LogP contribution in [0.15, 0.2) is 77.5 Å². The molecule has 1 atom stereocenters. The standard InChI is InChI=1S/C20H15N3O4/c24-20-16(9-8-13-4-2-10-21-18(13)20)19(17-7-3-11-27-17)22-14-5-1-6-15(12-14)23(25)26/h1-12,19,22,24H/p+1. The first-order valence-corrected chi connectivity index (χ1v) is 8.30. The van der Waals surface area contributed by atoms with Crippen LogP contribution in [0.5, 0.6) is 5.75 Å². The number of rotatable bonds is 5. The van der Waals surface area contributed by atoms with Gasteiger partial charge in [-0.25, -0.2) is 4.98 Å². The van der Waals surface area contributed by atoms with Gasteiger partial charge >= 0.3 is 0 Å². The summed E-state index contributed by atoms with van der Waals surface area (Å²) in [7, 11) is 0. The summed E-state index contributed by atoms with van der Waals surface area (Å²) in [4.78, 5) is 13.7. The van der Waals surface area contributed by atoms with Crippen LogP contribution >= 0.6 is 0 Å². The van der Waals surface area contributed by atoms with Gasteiger partial charge in [-0.2, -0.15) is 0 Å². The molecule has 0 spiro atoms. The zero-order valence-corrected chi connectivity index (χ0v) is 14.1. The number of nitro groups is 1. The summed E-state index contributed by atoms with van der Waals surface area (Å²) in [6, 6.07) is 16.7. The Morgan fingerprint density at radius 2 is 2.00 bits per heavy atom. The van der Waals surface area contributed by atoms with E-state index in [9.17, 15) is 15.2 Å². The molecule has 2 heterocycles. The minimum absolute atomic E-state index is 0.0192. The number of fused-ring (bicyclic) bond motifs is 1. The fourth-order valence-electron chi connectivity index (χ4n) is 3.06. The molecule has 0 radical (unpaired) electrons. The van der Waals surface area contributed by atoms with Gasteiger partial charge < -0.3 is 14.8 Å². The van der Waals surface area contributed by atoms with Gasteiger partial charge in [0.15, 0.2) is 11.9 Å². The Balaban J connectivity index is 1.80. The Labute approximate surface area is 154 Å². The Morgan fingerprint density at radius 3 is 2.78 bits per heavy atom. The maximum Gasteiger partial charge on any atom is 0.271 e. The number of hydrogen-bond donors (Lipinski definition) is 2. The molecule has 27 heavy (non-hydrogen) atoms. The van der Waals surface area contributed by atoms with E-state index in [1.807, 2.05) is 24.3 Å². The quantitative estimate of drug-likeness (QED) is 0.412. The van der Waals surface area contributed by atoms with Crippen molar-refractivity contribution in [3.63, 3.8) is 0 Å². The fourth-order valence-corrected chi connectivity index (χ4v) is 3.06. The highest BCUT2D eigenvalue weighted by atomic mass is 16.6. The zero-order valence-electron chi connectivity index (χ0n) is 14.1. The molecule has 0 amide bonds.